The van der Waals surface area contributed by atoms with Crippen molar-refractivity contribution in [2.45, 2.75) is 31.8 Å². The number of alkyl halides is 3. The average molecular weight is 485 g/mol. The Hall–Kier alpha value is -3.66. The number of halogens is 4. The minimum atomic E-state index is -4.76. The first-order chi connectivity index (χ1) is 16.9. The summed E-state index contributed by atoms with van der Waals surface area (Å²) in [5, 5.41) is 8.96. The van der Waals surface area contributed by atoms with Gasteiger partial charge in [0, 0.05) is 49.4 Å². The molecule has 0 aliphatic carbocycles. The minimum Gasteiger partial charge on any atom is -0.406 e. The van der Waals surface area contributed by atoms with Gasteiger partial charge in [0.05, 0.1) is 11.7 Å². The Morgan fingerprint density at radius 1 is 0.971 bits per heavy atom. The summed E-state index contributed by atoms with van der Waals surface area (Å²) < 4.78 is 59.6. The molecule has 35 heavy (non-hydrogen) atoms. The fourth-order valence-corrected chi connectivity index (χ4v) is 4.42. The van der Waals surface area contributed by atoms with Gasteiger partial charge in [-0.1, -0.05) is 12.1 Å². The van der Waals surface area contributed by atoms with E-state index in [0.29, 0.717) is 29.5 Å². The third-order valence-corrected chi connectivity index (χ3v) is 6.10. The van der Waals surface area contributed by atoms with Crippen LogP contribution in [-0.4, -0.2) is 43.9 Å². The first kappa shape index (κ1) is 23.1. The van der Waals surface area contributed by atoms with Crippen molar-refractivity contribution in [3.63, 3.8) is 0 Å². The average Bonchev–Trinajstić information content (AvgIpc) is 3.50. The van der Waals surface area contributed by atoms with Gasteiger partial charge in [-0.3, -0.25) is 9.58 Å². The molecule has 0 amide bonds. The lowest BCUT2D eigenvalue weighted by Crippen LogP contribution is -2.34. The molecule has 2 aromatic carbocycles. The van der Waals surface area contributed by atoms with Crippen molar-refractivity contribution in [2.24, 2.45) is 0 Å². The van der Waals surface area contributed by atoms with Crippen molar-refractivity contribution in [2.75, 3.05) is 13.1 Å². The zero-order chi connectivity index (χ0) is 24.4. The van der Waals surface area contributed by atoms with Crippen molar-refractivity contribution in [1.29, 1.82) is 0 Å². The monoisotopic (exact) mass is 485 g/mol. The van der Waals surface area contributed by atoms with Crippen molar-refractivity contribution >= 4 is 0 Å². The highest BCUT2D eigenvalue weighted by Gasteiger charge is 2.31. The lowest BCUT2D eigenvalue weighted by Gasteiger charge is -2.32. The lowest BCUT2D eigenvalue weighted by molar-refractivity contribution is -0.274. The molecule has 0 radical (unpaired) electrons. The van der Waals surface area contributed by atoms with E-state index in [-0.39, 0.29) is 11.6 Å². The Bertz CT molecular complexity index is 1260. The Balaban J connectivity index is 1.39. The first-order valence-electron chi connectivity index (χ1n) is 11.3. The molecule has 3 heterocycles. The normalized spacial score (nSPS) is 15.4. The number of likely N-dealkylation sites (tertiary alicyclic amines) is 1. The maximum Gasteiger partial charge on any atom is 0.573 e. The second-order valence-corrected chi connectivity index (χ2v) is 8.46. The van der Waals surface area contributed by atoms with Crippen molar-refractivity contribution in [3.05, 3.63) is 84.6 Å². The summed E-state index contributed by atoms with van der Waals surface area (Å²) in [5.41, 5.74) is 2.27. The summed E-state index contributed by atoms with van der Waals surface area (Å²) in [6, 6.07) is 14.1. The molecule has 4 aromatic rings. The van der Waals surface area contributed by atoms with E-state index in [1.54, 1.807) is 35.3 Å². The number of hydrogen-bond donors (Lipinski definition) is 0. The highest BCUT2D eigenvalue weighted by molar-refractivity contribution is 5.64. The van der Waals surface area contributed by atoms with E-state index in [0.717, 1.165) is 31.5 Å². The first-order valence-corrected chi connectivity index (χ1v) is 11.3. The predicted octanol–water partition coefficient (Wildman–Crippen LogP) is 5.61. The molecule has 2 aromatic heterocycles. The number of benzene rings is 2. The van der Waals surface area contributed by atoms with Crippen LogP contribution in [0.25, 0.3) is 16.9 Å². The highest BCUT2D eigenvalue weighted by Crippen LogP contribution is 2.30. The smallest absolute Gasteiger partial charge is 0.406 e. The van der Waals surface area contributed by atoms with Gasteiger partial charge in [0.25, 0.3) is 0 Å². The van der Waals surface area contributed by atoms with Gasteiger partial charge < -0.3 is 4.74 Å². The van der Waals surface area contributed by atoms with Crippen LogP contribution < -0.4 is 4.74 Å². The molecular weight excluding hydrogens is 462 g/mol. The standard InChI is InChI=1S/C25H23F4N5O/c26-23-5-2-1-4-22(23)24-18(16-32-14-10-20(11-15-32)33-13-3-12-30-33)17-34(31-24)19-6-8-21(9-7-19)35-25(27,28)29/h1-9,12-13,17,20H,10-11,14-16H2. The summed E-state index contributed by atoms with van der Waals surface area (Å²) >= 11 is 0. The van der Waals surface area contributed by atoms with Gasteiger partial charge in [-0.15, -0.1) is 13.2 Å². The van der Waals surface area contributed by atoms with E-state index in [9.17, 15) is 17.6 Å². The molecule has 0 saturated carbocycles. The molecule has 182 valence electrons. The summed E-state index contributed by atoms with van der Waals surface area (Å²) in [4.78, 5) is 2.30. The number of hydrogen-bond acceptors (Lipinski definition) is 4. The van der Waals surface area contributed by atoms with Crippen molar-refractivity contribution < 1.29 is 22.3 Å². The second-order valence-electron chi connectivity index (χ2n) is 8.46. The van der Waals surface area contributed by atoms with Gasteiger partial charge in [0.1, 0.15) is 17.3 Å². The molecule has 1 saturated heterocycles. The van der Waals surface area contributed by atoms with Crippen LogP contribution in [0, 0.1) is 5.82 Å². The van der Waals surface area contributed by atoms with Crippen LogP contribution in [0.4, 0.5) is 17.6 Å². The predicted molar refractivity (Wildman–Crippen MR) is 121 cm³/mol. The Morgan fingerprint density at radius 3 is 2.37 bits per heavy atom. The zero-order valence-corrected chi connectivity index (χ0v) is 18.7. The quantitative estimate of drug-likeness (QED) is 0.333. The molecule has 0 bridgehead atoms. The number of nitrogens with zero attached hydrogens (tertiary/aromatic N) is 5. The van der Waals surface area contributed by atoms with Gasteiger partial charge in [0.2, 0.25) is 0 Å². The van der Waals surface area contributed by atoms with Gasteiger partial charge in [-0.2, -0.15) is 10.2 Å². The molecule has 0 atom stereocenters. The van der Waals surface area contributed by atoms with Gasteiger partial charge in [-0.05, 0) is 55.3 Å². The largest absolute Gasteiger partial charge is 0.573 e. The molecule has 1 aliphatic rings. The van der Waals surface area contributed by atoms with E-state index in [1.165, 1.54) is 30.3 Å². The van der Waals surface area contributed by atoms with Crippen LogP contribution in [-0.2, 0) is 6.54 Å². The van der Waals surface area contributed by atoms with Gasteiger partial charge in [0.15, 0.2) is 0 Å². The summed E-state index contributed by atoms with van der Waals surface area (Å²) in [5.74, 6) is -0.701. The fraction of sp³-hybridized carbons (Fsp3) is 0.280. The van der Waals surface area contributed by atoms with Crippen molar-refractivity contribution in [3.8, 4) is 22.7 Å². The van der Waals surface area contributed by atoms with Crippen LogP contribution in [0.3, 0.4) is 0 Å². The summed E-state index contributed by atoms with van der Waals surface area (Å²) in [6.45, 7) is 2.29. The fourth-order valence-electron chi connectivity index (χ4n) is 4.42. The summed E-state index contributed by atoms with van der Waals surface area (Å²) in [6.07, 6.45) is 2.70. The van der Waals surface area contributed by atoms with E-state index >= 15 is 0 Å². The number of ether oxygens (including phenoxy) is 1. The molecule has 10 heteroatoms. The minimum absolute atomic E-state index is 0.317. The number of piperidine rings is 1. The van der Waals surface area contributed by atoms with Crippen LogP contribution in [0.15, 0.2) is 73.2 Å². The maximum absolute atomic E-state index is 14.7. The molecule has 6 nitrogen and oxygen atoms in total. The highest BCUT2D eigenvalue weighted by atomic mass is 19.4. The molecule has 1 fully saturated rings. The Morgan fingerprint density at radius 2 is 1.71 bits per heavy atom. The molecule has 0 N–H and O–H groups in total. The third kappa shape index (κ3) is 5.37. The molecule has 5 rings (SSSR count). The van der Waals surface area contributed by atoms with Gasteiger partial charge in [-0.25, -0.2) is 9.07 Å². The molecule has 1 aliphatic heterocycles. The third-order valence-electron chi connectivity index (χ3n) is 6.10. The van der Waals surface area contributed by atoms with Crippen LogP contribution >= 0.6 is 0 Å². The SMILES string of the molecule is Fc1ccccc1-c1nn(-c2ccc(OC(F)(F)F)cc2)cc1CN1CCC(n2cccn2)CC1. The lowest BCUT2D eigenvalue weighted by atomic mass is 10.0. The van der Waals surface area contributed by atoms with E-state index < -0.39 is 6.36 Å². The van der Waals surface area contributed by atoms with Crippen LogP contribution in [0.2, 0.25) is 0 Å². The Kier molecular flexibility index (Phi) is 6.29. The number of rotatable bonds is 6. The molecule has 0 spiro atoms. The molecule has 0 unspecified atom stereocenters. The summed E-state index contributed by atoms with van der Waals surface area (Å²) in [7, 11) is 0. The second kappa shape index (κ2) is 9.53. The van der Waals surface area contributed by atoms with E-state index in [4.69, 9.17) is 0 Å². The van der Waals surface area contributed by atoms with Crippen molar-refractivity contribution in [1.82, 2.24) is 24.5 Å². The van der Waals surface area contributed by atoms with E-state index in [2.05, 4.69) is 19.8 Å². The molecular formula is C25H23F4N5O. The topological polar surface area (TPSA) is 48.1 Å². The Labute approximate surface area is 199 Å². The maximum atomic E-state index is 14.7. The van der Waals surface area contributed by atoms with Gasteiger partial charge >= 0.3 is 6.36 Å². The zero-order valence-electron chi connectivity index (χ0n) is 18.7. The van der Waals surface area contributed by atoms with Crippen LogP contribution in [0.1, 0.15) is 24.4 Å². The van der Waals surface area contributed by atoms with Crippen LogP contribution in [0.5, 0.6) is 5.75 Å². The number of aromatic nitrogens is 4. The van der Waals surface area contributed by atoms with E-state index in [1.807, 2.05) is 16.9 Å².